The van der Waals surface area contributed by atoms with Crippen molar-refractivity contribution in [1.29, 1.82) is 0 Å². The Labute approximate surface area is 123 Å². The van der Waals surface area contributed by atoms with Crippen molar-refractivity contribution < 1.29 is 14.1 Å². The summed E-state index contributed by atoms with van der Waals surface area (Å²) in [5.41, 5.74) is 2.80. The molecule has 3 rings (SSSR count). The fourth-order valence-electron chi connectivity index (χ4n) is 2.99. The second kappa shape index (κ2) is 4.65. The lowest BCUT2D eigenvalue weighted by molar-refractivity contribution is -0.137. The maximum atomic E-state index is 12.0. The molecule has 0 aliphatic heterocycles. The first-order valence-electron chi connectivity index (χ1n) is 7.00. The largest absolute Gasteiger partial charge is 0.360 e. The Morgan fingerprint density at radius 3 is 2.29 bits per heavy atom. The van der Waals surface area contributed by atoms with Crippen LogP contribution in [-0.2, 0) is 22.4 Å². The third-order valence-corrected chi connectivity index (χ3v) is 4.48. The Hall–Kier alpha value is -2.23. The van der Waals surface area contributed by atoms with E-state index in [4.69, 9.17) is 4.52 Å². The molecule has 1 aromatic carbocycles. The molecule has 0 saturated heterocycles. The Morgan fingerprint density at radius 1 is 1.10 bits per heavy atom. The van der Waals surface area contributed by atoms with Crippen molar-refractivity contribution in [3.63, 3.8) is 0 Å². The zero-order valence-electron chi connectivity index (χ0n) is 12.4. The minimum atomic E-state index is -0.962. The summed E-state index contributed by atoms with van der Waals surface area (Å²) in [7, 11) is 0. The number of carbonyl (C=O) groups is 2. The number of rotatable bonds is 3. The maximum Gasteiger partial charge on any atom is 0.144 e. The van der Waals surface area contributed by atoms with E-state index in [1.165, 1.54) is 19.4 Å². The van der Waals surface area contributed by atoms with Crippen LogP contribution in [0.3, 0.4) is 0 Å². The van der Waals surface area contributed by atoms with Crippen LogP contribution in [0.4, 0.5) is 0 Å². The van der Waals surface area contributed by atoms with E-state index in [0.29, 0.717) is 18.6 Å². The highest BCUT2D eigenvalue weighted by molar-refractivity contribution is 6.06. The number of carbonyl (C=O) groups excluding carboxylic acids is 2. The van der Waals surface area contributed by atoms with E-state index < -0.39 is 5.41 Å². The maximum absolute atomic E-state index is 12.0. The van der Waals surface area contributed by atoms with E-state index in [0.717, 1.165) is 16.8 Å². The van der Waals surface area contributed by atoms with E-state index >= 15 is 0 Å². The Balaban J connectivity index is 2.04. The molecule has 21 heavy (non-hydrogen) atoms. The van der Waals surface area contributed by atoms with Gasteiger partial charge < -0.3 is 4.52 Å². The Morgan fingerprint density at radius 2 is 1.71 bits per heavy atom. The Kier molecular flexibility index (Phi) is 3.04. The van der Waals surface area contributed by atoms with Gasteiger partial charge in [0.1, 0.15) is 23.0 Å². The number of benzene rings is 1. The first-order valence-corrected chi connectivity index (χ1v) is 7.00. The minimum Gasteiger partial charge on any atom is -0.360 e. The van der Waals surface area contributed by atoms with Crippen LogP contribution in [0.2, 0.25) is 0 Å². The second-order valence-electron chi connectivity index (χ2n) is 5.85. The van der Waals surface area contributed by atoms with Crippen molar-refractivity contribution in [3.05, 3.63) is 41.2 Å². The fourth-order valence-corrected chi connectivity index (χ4v) is 2.99. The smallest absolute Gasteiger partial charge is 0.144 e. The van der Waals surface area contributed by atoms with Gasteiger partial charge in [-0.1, -0.05) is 35.0 Å². The molecule has 1 aliphatic rings. The number of aryl methyl sites for hydroxylation is 1. The number of ketones is 2. The van der Waals surface area contributed by atoms with Crippen LogP contribution in [0.1, 0.15) is 30.7 Å². The SMILES string of the molecule is CC(=O)C1(C(C)=O)Cc2onc(-c3ccc(C)cc3)c2C1. The highest BCUT2D eigenvalue weighted by atomic mass is 16.5. The van der Waals surface area contributed by atoms with Gasteiger partial charge in [-0.3, -0.25) is 9.59 Å². The highest BCUT2D eigenvalue weighted by Crippen LogP contribution is 2.42. The summed E-state index contributed by atoms with van der Waals surface area (Å²) in [6.45, 7) is 4.98. The van der Waals surface area contributed by atoms with Gasteiger partial charge in [-0.15, -0.1) is 0 Å². The molecule has 4 heteroatoms. The number of aromatic nitrogens is 1. The summed E-state index contributed by atoms with van der Waals surface area (Å²) in [4.78, 5) is 24.0. The second-order valence-corrected chi connectivity index (χ2v) is 5.85. The van der Waals surface area contributed by atoms with Crippen molar-refractivity contribution in [3.8, 4) is 11.3 Å². The van der Waals surface area contributed by atoms with Gasteiger partial charge in [0, 0.05) is 17.5 Å². The standard InChI is InChI=1S/C17H17NO3/c1-10-4-6-13(7-5-10)16-14-8-17(11(2)19,12(3)20)9-15(14)21-18-16/h4-7H,8-9H2,1-3H3. The van der Waals surface area contributed by atoms with Crippen LogP contribution >= 0.6 is 0 Å². The van der Waals surface area contributed by atoms with E-state index in [-0.39, 0.29) is 11.6 Å². The molecule has 0 unspecified atom stereocenters. The zero-order chi connectivity index (χ0) is 15.2. The molecular weight excluding hydrogens is 266 g/mol. The summed E-state index contributed by atoms with van der Waals surface area (Å²) < 4.78 is 5.39. The van der Waals surface area contributed by atoms with Crippen LogP contribution in [-0.4, -0.2) is 16.7 Å². The lowest BCUT2D eigenvalue weighted by Crippen LogP contribution is -2.37. The van der Waals surface area contributed by atoms with Gasteiger partial charge in [-0.2, -0.15) is 0 Å². The highest BCUT2D eigenvalue weighted by Gasteiger charge is 2.48. The van der Waals surface area contributed by atoms with Gasteiger partial charge in [0.05, 0.1) is 5.41 Å². The molecule has 0 N–H and O–H groups in total. The molecule has 0 radical (unpaired) electrons. The number of hydrogen-bond donors (Lipinski definition) is 0. The fraction of sp³-hybridized carbons (Fsp3) is 0.353. The molecule has 0 amide bonds. The summed E-state index contributed by atoms with van der Waals surface area (Å²) in [5.74, 6) is 0.462. The number of Topliss-reactive ketones (excluding diaryl/α,β-unsaturated/α-hetero) is 2. The lowest BCUT2D eigenvalue weighted by atomic mass is 9.77. The van der Waals surface area contributed by atoms with Gasteiger partial charge in [-0.25, -0.2) is 0 Å². The van der Waals surface area contributed by atoms with E-state index in [1.54, 1.807) is 0 Å². The number of fused-ring (bicyclic) bond motifs is 1. The minimum absolute atomic E-state index is 0.101. The van der Waals surface area contributed by atoms with Gasteiger partial charge in [-0.05, 0) is 27.2 Å². The van der Waals surface area contributed by atoms with E-state index in [9.17, 15) is 9.59 Å². The van der Waals surface area contributed by atoms with E-state index in [2.05, 4.69) is 5.16 Å². The number of hydrogen-bond acceptors (Lipinski definition) is 4. The molecule has 1 aromatic heterocycles. The van der Waals surface area contributed by atoms with Gasteiger partial charge in [0.25, 0.3) is 0 Å². The quantitative estimate of drug-likeness (QED) is 0.813. The average molecular weight is 283 g/mol. The van der Waals surface area contributed by atoms with Crippen molar-refractivity contribution in [1.82, 2.24) is 5.16 Å². The average Bonchev–Trinajstić information content (AvgIpc) is 2.97. The van der Waals surface area contributed by atoms with Crippen molar-refractivity contribution in [2.75, 3.05) is 0 Å². The third-order valence-electron chi connectivity index (χ3n) is 4.48. The predicted molar refractivity (Wildman–Crippen MR) is 77.9 cm³/mol. The first kappa shape index (κ1) is 13.7. The van der Waals surface area contributed by atoms with Crippen LogP contribution in [0.15, 0.2) is 28.8 Å². The molecule has 1 heterocycles. The van der Waals surface area contributed by atoms with Crippen molar-refractivity contribution >= 4 is 11.6 Å². The van der Waals surface area contributed by atoms with Gasteiger partial charge >= 0.3 is 0 Å². The lowest BCUT2D eigenvalue weighted by Gasteiger charge is -2.21. The summed E-state index contributed by atoms with van der Waals surface area (Å²) >= 11 is 0. The molecule has 0 atom stereocenters. The zero-order valence-corrected chi connectivity index (χ0v) is 12.4. The van der Waals surface area contributed by atoms with Crippen LogP contribution in [0.5, 0.6) is 0 Å². The summed E-state index contributed by atoms with van der Waals surface area (Å²) in [6.07, 6.45) is 0.714. The van der Waals surface area contributed by atoms with Crippen LogP contribution in [0.25, 0.3) is 11.3 Å². The molecule has 4 nitrogen and oxygen atoms in total. The molecule has 0 bridgehead atoms. The predicted octanol–water partition coefficient (Wildman–Crippen LogP) is 2.91. The molecular formula is C17H17NO3. The van der Waals surface area contributed by atoms with Crippen molar-refractivity contribution in [2.45, 2.75) is 33.6 Å². The summed E-state index contributed by atoms with van der Waals surface area (Å²) in [6, 6.07) is 7.98. The molecule has 0 fully saturated rings. The normalized spacial score (nSPS) is 15.8. The Bertz CT molecular complexity index is 711. The first-order chi connectivity index (χ1) is 9.94. The third kappa shape index (κ3) is 2.02. The molecule has 0 saturated carbocycles. The number of nitrogens with zero attached hydrogens (tertiary/aromatic N) is 1. The summed E-state index contributed by atoms with van der Waals surface area (Å²) in [5, 5.41) is 4.12. The molecule has 2 aromatic rings. The van der Waals surface area contributed by atoms with Crippen molar-refractivity contribution in [2.24, 2.45) is 5.41 Å². The topological polar surface area (TPSA) is 60.2 Å². The van der Waals surface area contributed by atoms with E-state index in [1.807, 2.05) is 31.2 Å². The van der Waals surface area contributed by atoms with Gasteiger partial charge in [0.15, 0.2) is 0 Å². The monoisotopic (exact) mass is 283 g/mol. The van der Waals surface area contributed by atoms with Crippen LogP contribution < -0.4 is 0 Å². The molecule has 1 aliphatic carbocycles. The van der Waals surface area contributed by atoms with Gasteiger partial charge in [0.2, 0.25) is 0 Å². The molecule has 108 valence electrons. The molecule has 0 spiro atoms. The van der Waals surface area contributed by atoms with Crippen LogP contribution in [0, 0.1) is 12.3 Å².